The number of hydrogen-bond donors (Lipinski definition) is 0. The Morgan fingerprint density at radius 1 is 0.935 bits per heavy atom. The van der Waals surface area contributed by atoms with E-state index in [1.807, 2.05) is 23.1 Å². The highest BCUT2D eigenvalue weighted by molar-refractivity contribution is 5.96. The van der Waals surface area contributed by atoms with Gasteiger partial charge < -0.3 is 9.47 Å². The minimum absolute atomic E-state index is 0.0753. The summed E-state index contributed by atoms with van der Waals surface area (Å²) in [6.45, 7) is 7.78. The first-order valence-corrected chi connectivity index (χ1v) is 10.9. The average Bonchev–Trinajstić information content (AvgIpc) is 3.32. The molecule has 4 nitrogen and oxygen atoms in total. The number of carbonyl (C=O) groups is 1. The molecule has 0 unspecified atom stereocenters. The van der Waals surface area contributed by atoms with Gasteiger partial charge in [0, 0.05) is 31.1 Å². The summed E-state index contributed by atoms with van der Waals surface area (Å²) in [5, 5.41) is 0. The molecule has 1 aliphatic rings. The number of benzene rings is 3. The molecular weight excluding hydrogens is 382 g/mol. The highest BCUT2D eigenvalue weighted by Crippen LogP contribution is 2.34. The van der Waals surface area contributed by atoms with E-state index in [2.05, 4.69) is 73.9 Å². The fourth-order valence-electron chi connectivity index (χ4n) is 4.57. The van der Waals surface area contributed by atoms with Crippen molar-refractivity contribution in [2.45, 2.75) is 39.7 Å². The van der Waals surface area contributed by atoms with Crippen molar-refractivity contribution in [3.63, 3.8) is 0 Å². The van der Waals surface area contributed by atoms with E-state index in [0.717, 1.165) is 29.1 Å². The molecule has 1 saturated heterocycles. The van der Waals surface area contributed by atoms with Gasteiger partial charge in [0.1, 0.15) is 5.82 Å². The first-order valence-electron chi connectivity index (χ1n) is 10.9. The van der Waals surface area contributed by atoms with E-state index in [9.17, 15) is 4.79 Å². The smallest absolute Gasteiger partial charge is 0.227 e. The molecule has 1 aliphatic heterocycles. The maximum Gasteiger partial charge on any atom is 0.227 e. The zero-order valence-electron chi connectivity index (χ0n) is 18.3. The third-order valence-electron chi connectivity index (χ3n) is 6.35. The molecule has 0 N–H and O–H groups in total. The van der Waals surface area contributed by atoms with Crippen LogP contribution in [0.2, 0.25) is 0 Å². The Kier molecular flexibility index (Phi) is 4.85. The lowest BCUT2D eigenvalue weighted by atomic mass is 10.0. The molecular formula is C27H27N3O. The van der Waals surface area contributed by atoms with Crippen LogP contribution in [0.5, 0.6) is 0 Å². The summed E-state index contributed by atoms with van der Waals surface area (Å²) in [6.07, 6.45) is 0.490. The third-order valence-corrected chi connectivity index (χ3v) is 6.35. The highest BCUT2D eigenvalue weighted by atomic mass is 16.2. The Morgan fingerprint density at radius 2 is 1.68 bits per heavy atom. The van der Waals surface area contributed by atoms with E-state index in [4.69, 9.17) is 4.98 Å². The normalized spacial score (nSPS) is 16.4. The topological polar surface area (TPSA) is 38.1 Å². The van der Waals surface area contributed by atoms with Gasteiger partial charge in [0.2, 0.25) is 5.91 Å². The number of aromatic nitrogens is 2. The predicted octanol–water partition coefficient (Wildman–Crippen LogP) is 5.53. The molecule has 4 aromatic rings. The Balaban J connectivity index is 1.54. The van der Waals surface area contributed by atoms with Gasteiger partial charge in [-0.2, -0.15) is 0 Å². The molecule has 1 atom stereocenters. The number of para-hydroxylation sites is 2. The van der Waals surface area contributed by atoms with Gasteiger partial charge in [0.05, 0.1) is 11.0 Å². The molecule has 0 radical (unpaired) electrons. The van der Waals surface area contributed by atoms with Crippen LogP contribution in [-0.2, 0) is 11.3 Å². The van der Waals surface area contributed by atoms with Crippen molar-refractivity contribution in [1.29, 1.82) is 0 Å². The average molecular weight is 410 g/mol. The number of carbonyl (C=O) groups excluding carboxylic acids is 1. The Bertz CT molecular complexity index is 1270. The van der Waals surface area contributed by atoms with Crippen molar-refractivity contribution in [1.82, 2.24) is 9.55 Å². The first-order chi connectivity index (χ1) is 15.0. The number of anilines is 1. The second-order valence-electron chi connectivity index (χ2n) is 8.72. The molecule has 0 bridgehead atoms. The summed E-state index contributed by atoms with van der Waals surface area (Å²) >= 11 is 0. The maximum atomic E-state index is 12.9. The standard InChI is InChI=1S/C27H27N3O/c1-18-9-12-23(13-10-18)29-17-22(15-26(29)31)27-28-24-6-4-5-7-25(24)30(27)16-21-14-19(2)8-11-20(21)3/h4-14,22H,15-17H2,1-3H3/t22-/m1/s1. The molecule has 1 fully saturated rings. The lowest BCUT2D eigenvalue weighted by molar-refractivity contribution is -0.117. The summed E-state index contributed by atoms with van der Waals surface area (Å²) in [5.74, 6) is 1.25. The first kappa shape index (κ1) is 19.6. The quantitative estimate of drug-likeness (QED) is 0.444. The zero-order valence-corrected chi connectivity index (χ0v) is 18.3. The van der Waals surface area contributed by atoms with Crippen LogP contribution < -0.4 is 4.90 Å². The van der Waals surface area contributed by atoms with Crippen molar-refractivity contribution >= 4 is 22.6 Å². The van der Waals surface area contributed by atoms with Gasteiger partial charge in [-0.1, -0.05) is 53.6 Å². The molecule has 1 aromatic heterocycles. The van der Waals surface area contributed by atoms with E-state index in [1.54, 1.807) is 0 Å². The summed E-state index contributed by atoms with van der Waals surface area (Å²) < 4.78 is 2.31. The molecule has 5 rings (SSSR count). The van der Waals surface area contributed by atoms with Crippen molar-refractivity contribution in [3.8, 4) is 0 Å². The SMILES string of the molecule is Cc1ccc(N2C[C@H](c3nc4ccccc4n3Cc3cc(C)ccc3C)CC2=O)cc1. The fourth-order valence-corrected chi connectivity index (χ4v) is 4.57. The molecule has 0 spiro atoms. The molecule has 156 valence electrons. The number of nitrogens with zero attached hydrogens (tertiary/aromatic N) is 3. The molecule has 0 saturated carbocycles. The highest BCUT2D eigenvalue weighted by Gasteiger charge is 2.34. The van der Waals surface area contributed by atoms with Crippen LogP contribution in [-0.4, -0.2) is 22.0 Å². The van der Waals surface area contributed by atoms with Crippen molar-refractivity contribution in [2.24, 2.45) is 0 Å². The van der Waals surface area contributed by atoms with Gasteiger partial charge in [0.25, 0.3) is 0 Å². The number of hydrogen-bond acceptors (Lipinski definition) is 2. The minimum atomic E-state index is 0.0753. The van der Waals surface area contributed by atoms with Crippen LogP contribution in [0.3, 0.4) is 0 Å². The largest absolute Gasteiger partial charge is 0.323 e. The van der Waals surface area contributed by atoms with Crippen molar-refractivity contribution < 1.29 is 4.79 Å². The van der Waals surface area contributed by atoms with Gasteiger partial charge in [-0.25, -0.2) is 4.98 Å². The van der Waals surface area contributed by atoms with E-state index in [0.29, 0.717) is 13.0 Å². The number of imidazole rings is 1. The predicted molar refractivity (Wildman–Crippen MR) is 126 cm³/mol. The van der Waals surface area contributed by atoms with Crippen LogP contribution in [0.15, 0.2) is 66.7 Å². The third kappa shape index (κ3) is 3.63. The lowest BCUT2D eigenvalue weighted by Gasteiger charge is -2.18. The van der Waals surface area contributed by atoms with E-state index in [1.165, 1.54) is 22.3 Å². The monoisotopic (exact) mass is 409 g/mol. The van der Waals surface area contributed by atoms with Crippen molar-refractivity contribution in [3.05, 3.63) is 94.8 Å². The maximum absolute atomic E-state index is 12.9. The van der Waals surface area contributed by atoms with E-state index in [-0.39, 0.29) is 11.8 Å². The molecule has 2 heterocycles. The molecule has 3 aromatic carbocycles. The number of rotatable bonds is 4. The summed E-state index contributed by atoms with van der Waals surface area (Å²) in [6, 6.07) is 23.1. The summed E-state index contributed by atoms with van der Waals surface area (Å²) in [4.78, 5) is 19.8. The molecule has 0 aliphatic carbocycles. The van der Waals surface area contributed by atoms with Gasteiger partial charge in [0.15, 0.2) is 0 Å². The second kappa shape index (κ2) is 7.69. The van der Waals surface area contributed by atoms with Gasteiger partial charge in [-0.05, 0) is 56.2 Å². The summed E-state index contributed by atoms with van der Waals surface area (Å²) in [7, 11) is 0. The Labute approximate surface area is 183 Å². The number of aryl methyl sites for hydroxylation is 3. The number of fused-ring (bicyclic) bond motifs is 1. The van der Waals surface area contributed by atoms with Crippen LogP contribution >= 0.6 is 0 Å². The Hall–Kier alpha value is -3.40. The second-order valence-corrected chi connectivity index (χ2v) is 8.72. The summed E-state index contributed by atoms with van der Waals surface area (Å²) in [5.41, 5.74) is 8.11. The van der Waals surface area contributed by atoms with E-state index >= 15 is 0 Å². The lowest BCUT2D eigenvalue weighted by Crippen LogP contribution is -2.24. The van der Waals surface area contributed by atoms with Crippen LogP contribution in [0, 0.1) is 20.8 Å². The van der Waals surface area contributed by atoms with Gasteiger partial charge in [-0.15, -0.1) is 0 Å². The Morgan fingerprint density at radius 3 is 2.48 bits per heavy atom. The molecule has 1 amide bonds. The number of amides is 1. The van der Waals surface area contributed by atoms with Crippen LogP contribution in [0.1, 0.15) is 40.4 Å². The van der Waals surface area contributed by atoms with Gasteiger partial charge >= 0.3 is 0 Å². The molecule has 4 heteroatoms. The van der Waals surface area contributed by atoms with E-state index < -0.39 is 0 Å². The zero-order chi connectivity index (χ0) is 21.5. The van der Waals surface area contributed by atoms with Crippen LogP contribution in [0.4, 0.5) is 5.69 Å². The molecule has 31 heavy (non-hydrogen) atoms. The fraction of sp³-hybridized carbons (Fsp3) is 0.259. The van der Waals surface area contributed by atoms with Crippen molar-refractivity contribution in [2.75, 3.05) is 11.4 Å². The van der Waals surface area contributed by atoms with Crippen LogP contribution in [0.25, 0.3) is 11.0 Å². The minimum Gasteiger partial charge on any atom is -0.323 e. The van der Waals surface area contributed by atoms with Gasteiger partial charge in [-0.3, -0.25) is 4.79 Å².